The SMILES string of the molecule is O=C(NCc1ccccc1)c1[nH]nc2nc(NC(=O)C3CC3)sc12. The number of hydrogen-bond acceptors (Lipinski definition) is 5. The molecule has 0 bridgehead atoms. The second-order valence-electron chi connectivity index (χ2n) is 5.70. The van der Waals surface area contributed by atoms with Crippen LogP contribution in [-0.4, -0.2) is 27.0 Å². The number of nitrogens with one attached hydrogen (secondary N) is 3. The molecule has 122 valence electrons. The number of thiazole rings is 1. The summed E-state index contributed by atoms with van der Waals surface area (Å²) in [6.45, 7) is 0.435. The highest BCUT2D eigenvalue weighted by atomic mass is 32.1. The summed E-state index contributed by atoms with van der Waals surface area (Å²) in [5.41, 5.74) is 1.82. The van der Waals surface area contributed by atoms with Crippen molar-refractivity contribution in [1.29, 1.82) is 0 Å². The zero-order valence-corrected chi connectivity index (χ0v) is 13.5. The molecule has 1 aliphatic carbocycles. The van der Waals surface area contributed by atoms with E-state index < -0.39 is 0 Å². The molecule has 1 saturated carbocycles. The normalized spacial score (nSPS) is 13.8. The molecular weight excluding hydrogens is 326 g/mol. The summed E-state index contributed by atoms with van der Waals surface area (Å²) in [6.07, 6.45) is 1.87. The van der Waals surface area contributed by atoms with Crippen LogP contribution >= 0.6 is 11.3 Å². The fraction of sp³-hybridized carbons (Fsp3) is 0.250. The molecule has 8 heteroatoms. The van der Waals surface area contributed by atoms with Crippen LogP contribution in [0.4, 0.5) is 5.13 Å². The van der Waals surface area contributed by atoms with Crippen molar-refractivity contribution in [3.05, 3.63) is 41.6 Å². The van der Waals surface area contributed by atoms with Gasteiger partial charge in [-0.15, -0.1) is 0 Å². The molecular formula is C16H15N5O2S. The zero-order valence-electron chi connectivity index (χ0n) is 12.7. The Balaban J connectivity index is 1.47. The predicted molar refractivity (Wildman–Crippen MR) is 90.7 cm³/mol. The lowest BCUT2D eigenvalue weighted by molar-refractivity contribution is -0.117. The minimum Gasteiger partial charge on any atom is -0.347 e. The molecule has 2 heterocycles. The standard InChI is InChI=1S/C16H15N5O2S/c22-14(10-6-7-10)19-16-18-13-12(24-16)11(20-21-13)15(23)17-8-9-4-2-1-3-5-9/h1-5,10H,6-8H2,(H,17,23)(H2,18,19,20,21,22). The van der Waals surface area contributed by atoms with Crippen molar-refractivity contribution in [3.63, 3.8) is 0 Å². The molecule has 1 aliphatic rings. The second-order valence-corrected chi connectivity index (χ2v) is 6.70. The third kappa shape index (κ3) is 3.00. The molecule has 0 spiro atoms. The topological polar surface area (TPSA) is 99.8 Å². The molecule has 1 aromatic carbocycles. The van der Waals surface area contributed by atoms with Crippen molar-refractivity contribution in [2.75, 3.05) is 5.32 Å². The van der Waals surface area contributed by atoms with Gasteiger partial charge in [0, 0.05) is 12.5 Å². The maximum Gasteiger partial charge on any atom is 0.271 e. The number of amides is 2. The molecule has 3 aromatic rings. The number of carbonyl (C=O) groups is 2. The van der Waals surface area contributed by atoms with Gasteiger partial charge in [-0.1, -0.05) is 41.7 Å². The number of anilines is 1. The number of fused-ring (bicyclic) bond motifs is 1. The van der Waals surface area contributed by atoms with Crippen LogP contribution in [0.15, 0.2) is 30.3 Å². The number of H-pyrrole nitrogens is 1. The Morgan fingerprint density at radius 2 is 2.04 bits per heavy atom. The Hall–Kier alpha value is -2.74. The number of nitrogens with zero attached hydrogens (tertiary/aromatic N) is 2. The third-order valence-electron chi connectivity index (χ3n) is 3.81. The van der Waals surface area contributed by atoms with E-state index in [1.807, 2.05) is 30.3 Å². The first kappa shape index (κ1) is 14.8. The molecule has 3 N–H and O–H groups in total. The number of aromatic amines is 1. The Kier molecular flexibility index (Phi) is 3.73. The summed E-state index contributed by atoms with van der Waals surface area (Å²) < 4.78 is 0.645. The van der Waals surface area contributed by atoms with Crippen molar-refractivity contribution in [2.45, 2.75) is 19.4 Å². The minimum absolute atomic E-state index is 0.00883. The first-order valence-electron chi connectivity index (χ1n) is 7.68. The van der Waals surface area contributed by atoms with E-state index in [4.69, 9.17) is 0 Å². The quantitative estimate of drug-likeness (QED) is 0.663. The molecule has 0 radical (unpaired) electrons. The predicted octanol–water partition coefficient (Wildman–Crippen LogP) is 2.30. The average molecular weight is 341 g/mol. The molecule has 0 atom stereocenters. The van der Waals surface area contributed by atoms with E-state index in [0.29, 0.717) is 27.7 Å². The smallest absolute Gasteiger partial charge is 0.271 e. The average Bonchev–Trinajstić information content (AvgIpc) is 3.27. The number of carbonyl (C=O) groups excluding carboxylic acids is 2. The van der Waals surface area contributed by atoms with Crippen molar-refractivity contribution < 1.29 is 9.59 Å². The van der Waals surface area contributed by atoms with Crippen LogP contribution in [0.2, 0.25) is 0 Å². The van der Waals surface area contributed by atoms with E-state index in [1.54, 1.807) is 0 Å². The van der Waals surface area contributed by atoms with Crippen LogP contribution in [0.3, 0.4) is 0 Å². The van der Waals surface area contributed by atoms with Crippen LogP contribution in [0.25, 0.3) is 10.3 Å². The van der Waals surface area contributed by atoms with Gasteiger partial charge in [0.05, 0.1) is 0 Å². The van der Waals surface area contributed by atoms with E-state index in [1.165, 1.54) is 11.3 Å². The molecule has 2 amide bonds. The van der Waals surface area contributed by atoms with Gasteiger partial charge >= 0.3 is 0 Å². The van der Waals surface area contributed by atoms with Gasteiger partial charge in [0.1, 0.15) is 10.4 Å². The first-order chi connectivity index (χ1) is 11.7. The zero-order chi connectivity index (χ0) is 16.5. The van der Waals surface area contributed by atoms with Gasteiger partial charge in [-0.05, 0) is 18.4 Å². The molecule has 2 aromatic heterocycles. The van der Waals surface area contributed by atoms with E-state index >= 15 is 0 Å². The fourth-order valence-corrected chi connectivity index (χ4v) is 3.24. The number of hydrogen-bond donors (Lipinski definition) is 3. The fourth-order valence-electron chi connectivity index (χ4n) is 2.34. The van der Waals surface area contributed by atoms with Crippen LogP contribution in [0, 0.1) is 5.92 Å². The van der Waals surface area contributed by atoms with Crippen LogP contribution < -0.4 is 10.6 Å². The number of benzene rings is 1. The summed E-state index contributed by atoms with van der Waals surface area (Å²) in [7, 11) is 0. The summed E-state index contributed by atoms with van der Waals surface area (Å²) in [5, 5.41) is 12.9. The molecule has 24 heavy (non-hydrogen) atoms. The highest BCUT2D eigenvalue weighted by Gasteiger charge is 2.30. The number of aromatic nitrogens is 3. The lowest BCUT2D eigenvalue weighted by atomic mass is 10.2. The molecule has 4 rings (SSSR count). The molecule has 7 nitrogen and oxygen atoms in total. The van der Waals surface area contributed by atoms with Crippen molar-refractivity contribution in [1.82, 2.24) is 20.5 Å². The first-order valence-corrected chi connectivity index (χ1v) is 8.50. The molecule has 0 aliphatic heterocycles. The van der Waals surface area contributed by atoms with Gasteiger partial charge in [0.2, 0.25) is 5.91 Å². The maximum atomic E-state index is 12.4. The summed E-state index contributed by atoms with van der Waals surface area (Å²) in [4.78, 5) is 28.4. The highest BCUT2D eigenvalue weighted by molar-refractivity contribution is 7.22. The minimum atomic E-state index is -0.245. The largest absolute Gasteiger partial charge is 0.347 e. The summed E-state index contributed by atoms with van der Waals surface area (Å²) in [5.74, 6) is -0.146. The van der Waals surface area contributed by atoms with Crippen molar-refractivity contribution in [2.24, 2.45) is 5.92 Å². The van der Waals surface area contributed by atoms with Crippen molar-refractivity contribution in [3.8, 4) is 0 Å². The van der Waals surface area contributed by atoms with Crippen LogP contribution in [0.5, 0.6) is 0 Å². The van der Waals surface area contributed by atoms with E-state index in [0.717, 1.165) is 18.4 Å². The van der Waals surface area contributed by atoms with Gasteiger partial charge < -0.3 is 10.6 Å². The van der Waals surface area contributed by atoms with Gasteiger partial charge in [-0.25, -0.2) is 0 Å². The van der Waals surface area contributed by atoms with Crippen LogP contribution in [0.1, 0.15) is 28.9 Å². The Bertz CT molecular complexity index is 898. The lowest BCUT2D eigenvalue weighted by Gasteiger charge is -2.03. The number of rotatable bonds is 5. The highest BCUT2D eigenvalue weighted by Crippen LogP contribution is 2.32. The maximum absolute atomic E-state index is 12.4. The Morgan fingerprint density at radius 3 is 2.79 bits per heavy atom. The van der Waals surface area contributed by atoms with E-state index in [-0.39, 0.29) is 17.7 Å². The summed E-state index contributed by atoms with van der Waals surface area (Å²) >= 11 is 1.26. The van der Waals surface area contributed by atoms with Gasteiger partial charge in [-0.3, -0.25) is 14.7 Å². The van der Waals surface area contributed by atoms with E-state index in [9.17, 15) is 9.59 Å². The van der Waals surface area contributed by atoms with E-state index in [2.05, 4.69) is 25.8 Å². The lowest BCUT2D eigenvalue weighted by Crippen LogP contribution is -2.23. The summed E-state index contributed by atoms with van der Waals surface area (Å²) in [6, 6.07) is 9.67. The van der Waals surface area contributed by atoms with Crippen LogP contribution in [-0.2, 0) is 11.3 Å². The molecule has 0 unspecified atom stereocenters. The Morgan fingerprint density at radius 1 is 1.25 bits per heavy atom. The van der Waals surface area contributed by atoms with Gasteiger partial charge in [-0.2, -0.15) is 10.1 Å². The molecule has 0 saturated heterocycles. The third-order valence-corrected chi connectivity index (χ3v) is 4.79. The Labute approximate surface area is 141 Å². The van der Waals surface area contributed by atoms with Crippen molar-refractivity contribution >= 4 is 38.6 Å². The van der Waals surface area contributed by atoms with Gasteiger partial charge in [0.15, 0.2) is 10.8 Å². The monoisotopic (exact) mass is 341 g/mol. The van der Waals surface area contributed by atoms with Gasteiger partial charge in [0.25, 0.3) is 5.91 Å². The second kappa shape index (κ2) is 6.04. The molecule has 1 fully saturated rings.